The summed E-state index contributed by atoms with van der Waals surface area (Å²) in [5.74, 6) is 0.294. The van der Waals surface area contributed by atoms with Crippen molar-refractivity contribution in [2.45, 2.75) is 19.4 Å². The number of carbonyl (C=O) groups is 1. The summed E-state index contributed by atoms with van der Waals surface area (Å²) in [4.78, 5) is 19.2. The van der Waals surface area contributed by atoms with Gasteiger partial charge in [0.25, 0.3) is 0 Å². The van der Waals surface area contributed by atoms with Crippen molar-refractivity contribution in [1.29, 1.82) is 0 Å². The van der Waals surface area contributed by atoms with E-state index in [1.807, 2.05) is 43.3 Å². The summed E-state index contributed by atoms with van der Waals surface area (Å²) in [6.45, 7) is 2.58. The number of rotatable bonds is 8. The van der Waals surface area contributed by atoms with Crippen LogP contribution in [0.2, 0.25) is 0 Å². The lowest BCUT2D eigenvalue weighted by molar-refractivity contribution is -0.127. The van der Waals surface area contributed by atoms with Gasteiger partial charge in [-0.3, -0.25) is 9.78 Å². The lowest BCUT2D eigenvalue weighted by atomic mass is 9.97. The summed E-state index contributed by atoms with van der Waals surface area (Å²) in [6, 6.07) is 17.2. The first-order chi connectivity index (χ1) is 14.6. The molecular formula is C25H25FN2O2. The van der Waals surface area contributed by atoms with Crippen LogP contribution < -0.4 is 4.74 Å². The van der Waals surface area contributed by atoms with Gasteiger partial charge >= 0.3 is 0 Å². The molecule has 0 spiro atoms. The van der Waals surface area contributed by atoms with Crippen LogP contribution in [-0.2, 0) is 4.79 Å². The van der Waals surface area contributed by atoms with Gasteiger partial charge in [0.15, 0.2) is 0 Å². The maximum absolute atomic E-state index is 13.5. The Labute approximate surface area is 176 Å². The van der Waals surface area contributed by atoms with Gasteiger partial charge in [0.2, 0.25) is 5.91 Å². The maximum Gasteiger partial charge on any atom is 0.247 e. The Morgan fingerprint density at radius 1 is 1.13 bits per heavy atom. The molecule has 0 aliphatic heterocycles. The predicted octanol–water partition coefficient (Wildman–Crippen LogP) is 5.27. The summed E-state index contributed by atoms with van der Waals surface area (Å²) in [6.07, 6.45) is 7.57. The molecule has 30 heavy (non-hydrogen) atoms. The zero-order chi connectivity index (χ0) is 21.3. The molecule has 2 aromatic carbocycles. The molecule has 0 bridgehead atoms. The van der Waals surface area contributed by atoms with E-state index < -0.39 is 0 Å². The lowest BCUT2D eigenvalue weighted by Gasteiger charge is -2.31. The van der Waals surface area contributed by atoms with Crippen LogP contribution in [0.25, 0.3) is 6.08 Å². The smallest absolute Gasteiger partial charge is 0.247 e. The van der Waals surface area contributed by atoms with E-state index in [-0.39, 0.29) is 17.8 Å². The minimum atomic E-state index is -0.360. The van der Waals surface area contributed by atoms with E-state index in [0.717, 1.165) is 28.9 Å². The number of hydrogen-bond donors (Lipinski definition) is 0. The molecule has 1 unspecified atom stereocenters. The Kier molecular flexibility index (Phi) is 7.33. The number of benzene rings is 2. The standard InChI is InChI=1S/C25H25FN2O2/c1-3-16-28(24(29)14-9-19-6-4-8-23(17-19)30-2)25(21-7-5-15-27-18-21)20-10-12-22(26)13-11-20/h4-15,17-18,25H,3,16H2,1-2H3/b14-9+. The van der Waals surface area contributed by atoms with Gasteiger partial charge in [0.1, 0.15) is 11.6 Å². The fraction of sp³-hybridized carbons (Fsp3) is 0.200. The third kappa shape index (κ3) is 5.32. The van der Waals surface area contributed by atoms with Crippen LogP contribution in [0.4, 0.5) is 4.39 Å². The normalized spacial score (nSPS) is 12.0. The van der Waals surface area contributed by atoms with E-state index in [2.05, 4.69) is 4.98 Å². The molecule has 0 saturated heterocycles. The number of aromatic nitrogens is 1. The SMILES string of the molecule is CCCN(C(=O)/C=C/c1cccc(OC)c1)C(c1ccc(F)cc1)c1cccnc1. The summed E-state index contributed by atoms with van der Waals surface area (Å²) in [7, 11) is 1.61. The van der Waals surface area contributed by atoms with E-state index >= 15 is 0 Å². The summed E-state index contributed by atoms with van der Waals surface area (Å²) < 4.78 is 18.8. The van der Waals surface area contributed by atoms with Crippen LogP contribution in [0.3, 0.4) is 0 Å². The molecule has 1 aromatic heterocycles. The monoisotopic (exact) mass is 404 g/mol. The first-order valence-corrected chi connectivity index (χ1v) is 9.90. The average Bonchev–Trinajstić information content (AvgIpc) is 2.79. The minimum Gasteiger partial charge on any atom is -0.497 e. The molecule has 0 fully saturated rings. The van der Waals surface area contributed by atoms with E-state index in [0.29, 0.717) is 6.54 Å². The van der Waals surface area contributed by atoms with Crippen LogP contribution >= 0.6 is 0 Å². The van der Waals surface area contributed by atoms with Crippen molar-refractivity contribution in [2.75, 3.05) is 13.7 Å². The Morgan fingerprint density at radius 3 is 2.60 bits per heavy atom. The highest BCUT2D eigenvalue weighted by Gasteiger charge is 2.25. The molecule has 1 amide bonds. The first kappa shape index (κ1) is 21.2. The van der Waals surface area contributed by atoms with Crippen LogP contribution in [0.15, 0.2) is 79.1 Å². The number of ether oxygens (including phenoxy) is 1. The summed E-state index contributed by atoms with van der Waals surface area (Å²) in [5.41, 5.74) is 2.58. The van der Waals surface area contributed by atoms with Gasteiger partial charge in [-0.15, -0.1) is 0 Å². The largest absolute Gasteiger partial charge is 0.497 e. The Hall–Kier alpha value is -3.47. The van der Waals surface area contributed by atoms with E-state index in [1.54, 1.807) is 48.7 Å². The Bertz CT molecular complexity index is 988. The molecule has 0 saturated carbocycles. The van der Waals surface area contributed by atoms with Gasteiger partial charge in [-0.25, -0.2) is 4.39 Å². The van der Waals surface area contributed by atoms with E-state index in [4.69, 9.17) is 4.74 Å². The molecular weight excluding hydrogens is 379 g/mol. The van der Waals surface area contributed by atoms with Crippen molar-refractivity contribution in [3.8, 4) is 5.75 Å². The number of nitrogens with zero attached hydrogens (tertiary/aromatic N) is 2. The van der Waals surface area contributed by atoms with Gasteiger partial charge in [0.05, 0.1) is 13.2 Å². The van der Waals surface area contributed by atoms with Crippen LogP contribution in [0, 0.1) is 5.82 Å². The third-order valence-corrected chi connectivity index (χ3v) is 4.76. The van der Waals surface area contributed by atoms with Crippen molar-refractivity contribution in [2.24, 2.45) is 0 Å². The molecule has 0 radical (unpaired) electrons. The maximum atomic E-state index is 13.5. The Morgan fingerprint density at radius 2 is 1.93 bits per heavy atom. The van der Waals surface area contributed by atoms with Crippen molar-refractivity contribution in [3.05, 3.63) is 102 Å². The highest BCUT2D eigenvalue weighted by atomic mass is 19.1. The molecule has 1 atom stereocenters. The minimum absolute atomic E-state index is 0.127. The number of pyridine rings is 1. The fourth-order valence-corrected chi connectivity index (χ4v) is 3.35. The number of hydrogen-bond acceptors (Lipinski definition) is 3. The third-order valence-electron chi connectivity index (χ3n) is 4.76. The average molecular weight is 404 g/mol. The number of methoxy groups -OCH3 is 1. The molecule has 0 aliphatic rings. The zero-order valence-corrected chi connectivity index (χ0v) is 17.2. The van der Waals surface area contributed by atoms with Crippen LogP contribution in [-0.4, -0.2) is 29.4 Å². The van der Waals surface area contributed by atoms with E-state index in [1.165, 1.54) is 12.1 Å². The van der Waals surface area contributed by atoms with Crippen LogP contribution in [0.1, 0.15) is 36.1 Å². The van der Waals surface area contributed by atoms with Crippen molar-refractivity contribution < 1.29 is 13.9 Å². The van der Waals surface area contributed by atoms with Crippen molar-refractivity contribution >= 4 is 12.0 Å². The second-order valence-corrected chi connectivity index (χ2v) is 6.88. The molecule has 3 aromatic rings. The van der Waals surface area contributed by atoms with Gasteiger partial charge < -0.3 is 9.64 Å². The molecule has 5 heteroatoms. The van der Waals surface area contributed by atoms with Gasteiger partial charge in [-0.1, -0.05) is 37.3 Å². The van der Waals surface area contributed by atoms with Crippen LogP contribution in [0.5, 0.6) is 5.75 Å². The van der Waals surface area contributed by atoms with Gasteiger partial charge in [-0.05, 0) is 59.5 Å². The molecule has 4 nitrogen and oxygen atoms in total. The second-order valence-electron chi connectivity index (χ2n) is 6.88. The van der Waals surface area contributed by atoms with Crippen molar-refractivity contribution in [3.63, 3.8) is 0 Å². The van der Waals surface area contributed by atoms with Gasteiger partial charge in [-0.2, -0.15) is 0 Å². The Balaban J connectivity index is 1.95. The van der Waals surface area contributed by atoms with E-state index in [9.17, 15) is 9.18 Å². The molecule has 0 aliphatic carbocycles. The number of halogens is 1. The molecule has 1 heterocycles. The molecule has 154 valence electrons. The zero-order valence-electron chi connectivity index (χ0n) is 17.2. The molecule has 0 N–H and O–H groups in total. The molecule has 3 rings (SSSR count). The van der Waals surface area contributed by atoms with Gasteiger partial charge in [0, 0.05) is 25.0 Å². The topological polar surface area (TPSA) is 42.4 Å². The fourth-order valence-electron chi connectivity index (χ4n) is 3.35. The lowest BCUT2D eigenvalue weighted by Crippen LogP contribution is -2.35. The number of carbonyl (C=O) groups excluding carboxylic acids is 1. The van der Waals surface area contributed by atoms with Crippen molar-refractivity contribution in [1.82, 2.24) is 9.88 Å². The predicted molar refractivity (Wildman–Crippen MR) is 117 cm³/mol. The summed E-state index contributed by atoms with van der Waals surface area (Å²) >= 11 is 0. The summed E-state index contributed by atoms with van der Waals surface area (Å²) in [5, 5.41) is 0. The highest BCUT2D eigenvalue weighted by molar-refractivity contribution is 5.92. The second kappa shape index (κ2) is 10.3. The number of amides is 1. The quantitative estimate of drug-likeness (QED) is 0.480. The first-order valence-electron chi connectivity index (χ1n) is 9.90. The highest BCUT2D eigenvalue weighted by Crippen LogP contribution is 2.29.